The van der Waals surface area contributed by atoms with Crippen molar-refractivity contribution < 1.29 is 4.42 Å². The Balaban J connectivity index is 0.887. The van der Waals surface area contributed by atoms with Gasteiger partial charge >= 0.3 is 0 Å². The van der Waals surface area contributed by atoms with E-state index >= 15 is 0 Å². The van der Waals surface area contributed by atoms with Gasteiger partial charge in [0.05, 0.1) is 0 Å². The monoisotopic (exact) mass is 913 g/mol. The first kappa shape index (κ1) is 38.5. The third-order valence-electron chi connectivity index (χ3n) is 13.9. The molecule has 0 amide bonds. The van der Waals surface area contributed by atoms with Crippen LogP contribution in [0.5, 0.6) is 0 Å². The Hall–Kier alpha value is -8.55. The second-order valence-electron chi connectivity index (χ2n) is 17.9. The molecule has 320 valence electrons. The molecular weight excluding hydrogens is 879 g/mol. The molecule has 15 rings (SSSR count). The Kier molecular flexibility index (Phi) is 8.37. The minimum absolute atomic E-state index is 0.618. The Morgan fingerprint density at radius 3 is 1.67 bits per heavy atom. The fraction of sp³-hybridized carbons (Fsp3) is 0. The van der Waals surface area contributed by atoms with E-state index in [2.05, 4.69) is 200 Å². The highest BCUT2D eigenvalue weighted by molar-refractivity contribution is 7.26. The molecule has 4 heterocycles. The second kappa shape index (κ2) is 15.0. The summed E-state index contributed by atoms with van der Waals surface area (Å²) < 4.78 is 11.7. The van der Waals surface area contributed by atoms with Crippen molar-refractivity contribution in [1.82, 2.24) is 15.0 Å². The summed E-state index contributed by atoms with van der Waals surface area (Å²) in [7, 11) is 0. The summed E-state index contributed by atoms with van der Waals surface area (Å²) in [6.07, 6.45) is 0. The van der Waals surface area contributed by atoms with E-state index in [4.69, 9.17) is 19.4 Å². The van der Waals surface area contributed by atoms with Gasteiger partial charge in [-0.2, -0.15) is 0 Å². The van der Waals surface area contributed by atoms with Gasteiger partial charge in [-0.3, -0.25) is 0 Å². The lowest BCUT2D eigenvalue weighted by atomic mass is 9.93. The van der Waals surface area contributed by atoms with Crippen molar-refractivity contribution in [2.45, 2.75) is 0 Å². The summed E-state index contributed by atoms with van der Waals surface area (Å²) >= 11 is 3.69. The molecule has 6 heteroatoms. The number of para-hydroxylation sites is 2. The van der Waals surface area contributed by atoms with Crippen LogP contribution >= 0.6 is 22.7 Å². The average molecular weight is 914 g/mol. The molecule has 0 N–H and O–H groups in total. The lowest BCUT2D eigenvalue weighted by molar-refractivity contribution is 0.670. The van der Waals surface area contributed by atoms with Gasteiger partial charge in [0.25, 0.3) is 0 Å². The van der Waals surface area contributed by atoms with Crippen LogP contribution < -0.4 is 0 Å². The minimum Gasteiger partial charge on any atom is -0.455 e. The topological polar surface area (TPSA) is 51.8 Å². The van der Waals surface area contributed by atoms with Crippen LogP contribution in [0.2, 0.25) is 0 Å². The molecule has 0 fully saturated rings. The van der Waals surface area contributed by atoms with Crippen molar-refractivity contribution in [2.75, 3.05) is 0 Å². The van der Waals surface area contributed by atoms with Gasteiger partial charge in [-0.1, -0.05) is 152 Å². The van der Waals surface area contributed by atoms with Crippen molar-refractivity contribution in [3.8, 4) is 56.4 Å². The zero-order chi connectivity index (χ0) is 45.2. The standard InChI is InChI=1S/C63H35N3OS2/c1-2-11-45-44(10-1)46(50-15-9-16-51-47-12-3-6-17-55(47)67-59(50)51)29-30-53(45)63-65-61(64-62(66-63)41-26-31-58-54(35-41)49-14-5-7-18-56(49)68-58)40-23-21-36-20-22-37(33-42(36)34-40)38-24-27-43-39(32-38)25-28-52-48-13-4-8-19-57(48)69-60(43)52/h1-35H. The van der Waals surface area contributed by atoms with Crippen LogP contribution in [0.25, 0.3) is 151 Å². The van der Waals surface area contributed by atoms with E-state index in [9.17, 15) is 0 Å². The number of nitrogens with zero attached hydrogens (tertiary/aromatic N) is 3. The van der Waals surface area contributed by atoms with E-state index < -0.39 is 0 Å². The number of benzene rings is 11. The van der Waals surface area contributed by atoms with Crippen molar-refractivity contribution in [1.29, 1.82) is 0 Å². The maximum Gasteiger partial charge on any atom is 0.164 e. The van der Waals surface area contributed by atoms with E-state index in [1.807, 2.05) is 34.8 Å². The zero-order valence-corrected chi connectivity index (χ0v) is 38.4. The number of fused-ring (bicyclic) bond motifs is 13. The summed E-state index contributed by atoms with van der Waals surface area (Å²) in [5.74, 6) is 1.87. The molecule has 0 aliphatic heterocycles. The van der Waals surface area contributed by atoms with Crippen LogP contribution in [-0.4, -0.2) is 15.0 Å². The Morgan fingerprint density at radius 2 is 0.841 bits per heavy atom. The van der Waals surface area contributed by atoms with E-state index in [1.165, 1.54) is 56.7 Å². The minimum atomic E-state index is 0.618. The predicted molar refractivity (Wildman–Crippen MR) is 293 cm³/mol. The van der Waals surface area contributed by atoms with E-state index in [-0.39, 0.29) is 0 Å². The molecule has 69 heavy (non-hydrogen) atoms. The first-order valence-corrected chi connectivity index (χ1v) is 24.8. The average Bonchev–Trinajstić information content (AvgIpc) is 4.11. The Morgan fingerprint density at radius 1 is 0.290 bits per heavy atom. The van der Waals surface area contributed by atoms with E-state index in [1.54, 1.807) is 0 Å². The molecule has 0 bridgehead atoms. The SMILES string of the molecule is c1ccc2c(c1)oc1c(-c3ccc(-c4nc(-c5ccc6ccc(-c7ccc8c(ccc9c%10ccccc%10sc89)c7)cc6c5)nc(-c5ccc6sc7ccccc7c6c5)n4)c4ccccc34)cccc12. The molecule has 0 saturated heterocycles. The van der Waals surface area contributed by atoms with E-state index in [0.29, 0.717) is 17.5 Å². The van der Waals surface area contributed by atoms with Crippen LogP contribution in [0.4, 0.5) is 0 Å². The van der Waals surface area contributed by atoms with Crippen LogP contribution in [0, 0.1) is 0 Å². The third kappa shape index (κ3) is 6.09. The number of rotatable bonds is 5. The largest absolute Gasteiger partial charge is 0.455 e. The second-order valence-corrected chi connectivity index (χ2v) is 20.0. The smallest absolute Gasteiger partial charge is 0.164 e. The highest BCUT2D eigenvalue weighted by Crippen LogP contribution is 2.43. The van der Waals surface area contributed by atoms with Gasteiger partial charge < -0.3 is 4.42 Å². The molecule has 0 saturated carbocycles. The number of furan rings is 1. The van der Waals surface area contributed by atoms with E-state index in [0.717, 1.165) is 76.9 Å². The van der Waals surface area contributed by atoms with Crippen LogP contribution in [0.15, 0.2) is 217 Å². The Labute approximate surface area is 403 Å². The molecular formula is C63H35N3OS2. The summed E-state index contributed by atoms with van der Waals surface area (Å²) in [4.78, 5) is 16.0. The van der Waals surface area contributed by atoms with Crippen molar-refractivity contribution in [3.05, 3.63) is 212 Å². The fourth-order valence-electron chi connectivity index (χ4n) is 10.6. The predicted octanol–water partition coefficient (Wildman–Crippen LogP) is 18.3. The molecule has 0 radical (unpaired) electrons. The number of hydrogen-bond acceptors (Lipinski definition) is 6. The summed E-state index contributed by atoms with van der Waals surface area (Å²) in [6.45, 7) is 0. The molecule has 4 nitrogen and oxygen atoms in total. The number of thiophene rings is 2. The molecule has 15 aromatic rings. The molecule has 0 aliphatic carbocycles. The van der Waals surface area contributed by atoms with Crippen LogP contribution in [0.3, 0.4) is 0 Å². The van der Waals surface area contributed by atoms with Gasteiger partial charge in [0.2, 0.25) is 0 Å². The molecule has 0 atom stereocenters. The van der Waals surface area contributed by atoms with Crippen LogP contribution in [0.1, 0.15) is 0 Å². The highest BCUT2D eigenvalue weighted by Gasteiger charge is 2.20. The lowest BCUT2D eigenvalue weighted by Gasteiger charge is -2.14. The third-order valence-corrected chi connectivity index (χ3v) is 16.3. The molecule has 11 aromatic carbocycles. The van der Waals surface area contributed by atoms with Crippen molar-refractivity contribution >= 4 is 117 Å². The molecule has 0 aliphatic rings. The first-order chi connectivity index (χ1) is 34.1. The van der Waals surface area contributed by atoms with Crippen LogP contribution in [-0.2, 0) is 0 Å². The van der Waals surface area contributed by atoms with Gasteiger partial charge in [-0.15, -0.1) is 22.7 Å². The number of hydrogen-bond donors (Lipinski definition) is 0. The van der Waals surface area contributed by atoms with Gasteiger partial charge in [0.15, 0.2) is 17.5 Å². The van der Waals surface area contributed by atoms with Gasteiger partial charge in [-0.25, -0.2) is 15.0 Å². The maximum atomic E-state index is 6.55. The fourth-order valence-corrected chi connectivity index (χ4v) is 12.9. The Bertz CT molecular complexity index is 4640. The molecule has 0 spiro atoms. The van der Waals surface area contributed by atoms with Crippen molar-refractivity contribution in [3.63, 3.8) is 0 Å². The lowest BCUT2D eigenvalue weighted by Crippen LogP contribution is -2.01. The van der Waals surface area contributed by atoms with Gasteiger partial charge in [0, 0.05) is 73.4 Å². The van der Waals surface area contributed by atoms with Gasteiger partial charge in [0.1, 0.15) is 11.2 Å². The maximum absolute atomic E-state index is 6.55. The molecule has 4 aromatic heterocycles. The molecule has 0 unspecified atom stereocenters. The highest BCUT2D eigenvalue weighted by atomic mass is 32.1. The quantitative estimate of drug-likeness (QED) is 0.173. The first-order valence-electron chi connectivity index (χ1n) is 23.1. The van der Waals surface area contributed by atoms with Gasteiger partial charge in [-0.05, 0) is 110 Å². The summed E-state index contributed by atoms with van der Waals surface area (Å²) in [5.41, 5.74) is 9.06. The normalized spacial score (nSPS) is 12.1. The van der Waals surface area contributed by atoms with Crippen molar-refractivity contribution in [2.24, 2.45) is 0 Å². The zero-order valence-electron chi connectivity index (χ0n) is 36.8. The summed E-state index contributed by atoms with van der Waals surface area (Å²) in [6, 6.07) is 76.3. The number of aromatic nitrogens is 3. The summed E-state index contributed by atoms with van der Waals surface area (Å²) in [5, 5.41) is 14.2.